The standard InChI is InChI=1S/C8H13/c1-7-4-3-5-8(2)6-7/h3,8H,1,4-6H2,2H3. The van der Waals surface area contributed by atoms with E-state index < -0.39 is 0 Å². The van der Waals surface area contributed by atoms with E-state index in [0.717, 1.165) is 12.3 Å². The minimum atomic E-state index is 0.858. The van der Waals surface area contributed by atoms with Gasteiger partial charge in [-0.15, -0.1) is 0 Å². The van der Waals surface area contributed by atoms with E-state index in [-0.39, 0.29) is 0 Å². The Morgan fingerprint density at radius 2 is 2.50 bits per heavy atom. The van der Waals surface area contributed by atoms with E-state index in [9.17, 15) is 0 Å². The molecule has 45 valence electrons. The van der Waals surface area contributed by atoms with Crippen LogP contribution in [-0.4, -0.2) is 0 Å². The molecular weight excluding hydrogens is 96.1 g/mol. The first kappa shape index (κ1) is 5.87. The van der Waals surface area contributed by atoms with Crippen LogP contribution in [0.4, 0.5) is 0 Å². The molecule has 0 nitrogen and oxygen atoms in total. The molecule has 8 heavy (non-hydrogen) atoms. The lowest BCUT2D eigenvalue weighted by atomic mass is 9.88. The zero-order valence-electron chi connectivity index (χ0n) is 5.48. The Kier molecular flexibility index (Phi) is 1.72. The van der Waals surface area contributed by atoms with Gasteiger partial charge in [-0.25, -0.2) is 0 Å². The van der Waals surface area contributed by atoms with Crippen LogP contribution in [0, 0.1) is 12.3 Å². The summed E-state index contributed by atoms with van der Waals surface area (Å²) < 4.78 is 0. The SMILES string of the molecule is C=C1C[CH]CC(C)C1. The van der Waals surface area contributed by atoms with Crippen molar-refractivity contribution in [3.8, 4) is 0 Å². The summed E-state index contributed by atoms with van der Waals surface area (Å²) in [7, 11) is 0. The number of hydrogen-bond acceptors (Lipinski definition) is 0. The Morgan fingerprint density at radius 3 is 2.88 bits per heavy atom. The minimum Gasteiger partial charge on any atom is -0.0998 e. The molecule has 1 saturated carbocycles. The highest BCUT2D eigenvalue weighted by molar-refractivity contribution is 5.04. The molecule has 0 aromatic carbocycles. The third-order valence-corrected chi connectivity index (χ3v) is 1.64. The summed E-state index contributed by atoms with van der Waals surface area (Å²) in [5.41, 5.74) is 1.41. The summed E-state index contributed by atoms with van der Waals surface area (Å²) in [5, 5.41) is 0. The average molecular weight is 109 g/mol. The Balaban J connectivity index is 2.34. The molecule has 1 aliphatic rings. The number of allylic oxidation sites excluding steroid dienone is 1. The summed E-state index contributed by atoms with van der Waals surface area (Å²) in [5.74, 6) is 0.858. The van der Waals surface area contributed by atoms with E-state index in [2.05, 4.69) is 19.9 Å². The van der Waals surface area contributed by atoms with Gasteiger partial charge in [0.05, 0.1) is 0 Å². The molecule has 0 bridgehead atoms. The van der Waals surface area contributed by atoms with E-state index >= 15 is 0 Å². The number of hydrogen-bond donors (Lipinski definition) is 0. The monoisotopic (exact) mass is 109 g/mol. The molecule has 1 radical (unpaired) electrons. The predicted molar refractivity (Wildman–Crippen MR) is 36.5 cm³/mol. The van der Waals surface area contributed by atoms with Crippen LogP contribution >= 0.6 is 0 Å². The fourth-order valence-electron chi connectivity index (χ4n) is 1.23. The topological polar surface area (TPSA) is 0 Å². The molecule has 0 heteroatoms. The molecular formula is C8H13. The van der Waals surface area contributed by atoms with Crippen molar-refractivity contribution >= 4 is 0 Å². The second-order valence-electron chi connectivity index (χ2n) is 2.79. The highest BCUT2D eigenvalue weighted by Gasteiger charge is 2.09. The second-order valence-corrected chi connectivity index (χ2v) is 2.79. The first-order valence-electron chi connectivity index (χ1n) is 3.27. The lowest BCUT2D eigenvalue weighted by Gasteiger charge is -2.18. The summed E-state index contributed by atoms with van der Waals surface area (Å²) in [6.45, 7) is 6.21. The van der Waals surface area contributed by atoms with Gasteiger partial charge in [0.15, 0.2) is 0 Å². The molecule has 0 heterocycles. The van der Waals surface area contributed by atoms with Gasteiger partial charge in [-0.1, -0.05) is 19.1 Å². The van der Waals surface area contributed by atoms with Crippen LogP contribution < -0.4 is 0 Å². The minimum absolute atomic E-state index is 0.858. The van der Waals surface area contributed by atoms with Crippen molar-refractivity contribution in [3.05, 3.63) is 18.6 Å². The molecule has 0 aromatic heterocycles. The zero-order chi connectivity index (χ0) is 5.98. The van der Waals surface area contributed by atoms with Gasteiger partial charge in [0, 0.05) is 0 Å². The van der Waals surface area contributed by atoms with Crippen molar-refractivity contribution in [2.45, 2.75) is 26.2 Å². The summed E-state index contributed by atoms with van der Waals surface area (Å²) in [6.07, 6.45) is 6.02. The summed E-state index contributed by atoms with van der Waals surface area (Å²) in [4.78, 5) is 0. The van der Waals surface area contributed by atoms with Crippen molar-refractivity contribution in [2.75, 3.05) is 0 Å². The van der Waals surface area contributed by atoms with E-state index in [1.165, 1.54) is 18.4 Å². The highest BCUT2D eigenvalue weighted by atomic mass is 14.1. The van der Waals surface area contributed by atoms with Crippen LogP contribution in [0.25, 0.3) is 0 Å². The molecule has 0 N–H and O–H groups in total. The van der Waals surface area contributed by atoms with Gasteiger partial charge < -0.3 is 0 Å². The second kappa shape index (κ2) is 2.34. The van der Waals surface area contributed by atoms with E-state index in [0.29, 0.717) is 0 Å². The number of rotatable bonds is 0. The zero-order valence-corrected chi connectivity index (χ0v) is 5.48. The summed E-state index contributed by atoms with van der Waals surface area (Å²) >= 11 is 0. The molecule has 1 rings (SSSR count). The molecule has 0 aliphatic heterocycles. The molecule has 1 fully saturated rings. The van der Waals surface area contributed by atoms with Crippen LogP contribution in [0.2, 0.25) is 0 Å². The van der Waals surface area contributed by atoms with Crippen molar-refractivity contribution in [2.24, 2.45) is 5.92 Å². The molecule has 1 atom stereocenters. The molecule has 1 unspecified atom stereocenters. The normalized spacial score (nSPS) is 30.6. The Bertz CT molecular complexity index is 92.2. The fourth-order valence-corrected chi connectivity index (χ4v) is 1.23. The fraction of sp³-hybridized carbons (Fsp3) is 0.625. The molecule has 0 spiro atoms. The van der Waals surface area contributed by atoms with Gasteiger partial charge in [-0.2, -0.15) is 0 Å². The van der Waals surface area contributed by atoms with Crippen molar-refractivity contribution < 1.29 is 0 Å². The first-order chi connectivity index (χ1) is 3.79. The first-order valence-corrected chi connectivity index (χ1v) is 3.27. The van der Waals surface area contributed by atoms with Crippen molar-refractivity contribution in [1.82, 2.24) is 0 Å². The Hall–Kier alpha value is -0.260. The van der Waals surface area contributed by atoms with Crippen LogP contribution in [0.15, 0.2) is 12.2 Å². The van der Waals surface area contributed by atoms with Crippen LogP contribution in [-0.2, 0) is 0 Å². The predicted octanol–water partition coefficient (Wildman–Crippen LogP) is 2.57. The van der Waals surface area contributed by atoms with Crippen LogP contribution in [0.1, 0.15) is 26.2 Å². The maximum absolute atomic E-state index is 3.93. The summed E-state index contributed by atoms with van der Waals surface area (Å²) in [6, 6.07) is 0. The maximum atomic E-state index is 3.93. The lowest BCUT2D eigenvalue weighted by Crippen LogP contribution is -2.03. The van der Waals surface area contributed by atoms with Crippen LogP contribution in [0.3, 0.4) is 0 Å². The quantitative estimate of drug-likeness (QED) is 0.419. The third kappa shape index (κ3) is 1.36. The van der Waals surface area contributed by atoms with Gasteiger partial charge in [-0.3, -0.25) is 0 Å². The molecule has 0 aromatic rings. The Labute approximate surface area is 51.6 Å². The van der Waals surface area contributed by atoms with Crippen LogP contribution in [0.5, 0.6) is 0 Å². The van der Waals surface area contributed by atoms with E-state index in [4.69, 9.17) is 0 Å². The van der Waals surface area contributed by atoms with Crippen molar-refractivity contribution in [1.29, 1.82) is 0 Å². The van der Waals surface area contributed by atoms with Crippen molar-refractivity contribution in [3.63, 3.8) is 0 Å². The lowest BCUT2D eigenvalue weighted by molar-refractivity contribution is 0.520. The molecule has 0 saturated heterocycles. The molecule has 0 amide bonds. The largest absolute Gasteiger partial charge is 0.0998 e. The molecule has 1 aliphatic carbocycles. The van der Waals surface area contributed by atoms with Gasteiger partial charge >= 0.3 is 0 Å². The van der Waals surface area contributed by atoms with Gasteiger partial charge in [-0.05, 0) is 31.6 Å². The highest BCUT2D eigenvalue weighted by Crippen LogP contribution is 2.25. The third-order valence-electron chi connectivity index (χ3n) is 1.64. The average Bonchev–Trinajstić information content (AvgIpc) is 1.64. The maximum Gasteiger partial charge on any atom is -0.0292 e. The van der Waals surface area contributed by atoms with E-state index in [1.807, 2.05) is 0 Å². The van der Waals surface area contributed by atoms with Gasteiger partial charge in [0.2, 0.25) is 0 Å². The van der Waals surface area contributed by atoms with Gasteiger partial charge in [0.1, 0.15) is 0 Å². The van der Waals surface area contributed by atoms with E-state index in [1.54, 1.807) is 0 Å². The van der Waals surface area contributed by atoms with Gasteiger partial charge in [0.25, 0.3) is 0 Å². The Morgan fingerprint density at radius 1 is 1.75 bits per heavy atom. The smallest absolute Gasteiger partial charge is 0.0292 e.